The molecule has 0 spiro atoms. The monoisotopic (exact) mass is 221 g/mol. The fourth-order valence-electron chi connectivity index (χ4n) is 1.78. The van der Waals surface area contributed by atoms with Gasteiger partial charge in [-0.1, -0.05) is 0 Å². The number of anilines is 1. The largest absolute Gasteiger partial charge is 0.497 e. The summed E-state index contributed by atoms with van der Waals surface area (Å²) in [7, 11) is 1.68. The van der Waals surface area contributed by atoms with Crippen molar-refractivity contribution >= 4 is 5.69 Å². The maximum absolute atomic E-state index is 5.12. The molecule has 0 saturated carbocycles. The molecule has 1 saturated heterocycles. The smallest absolute Gasteiger partial charge is 0.119 e. The van der Waals surface area contributed by atoms with Crippen LogP contribution >= 0.6 is 0 Å². The highest BCUT2D eigenvalue weighted by Crippen LogP contribution is 2.14. The number of benzene rings is 1. The maximum atomic E-state index is 5.12. The number of nitrogens with zero attached hydrogens (tertiary/aromatic N) is 1. The molecular weight excluding hydrogens is 202 g/mol. The third-order valence-corrected chi connectivity index (χ3v) is 2.81. The van der Waals surface area contributed by atoms with Crippen molar-refractivity contribution in [3.05, 3.63) is 24.3 Å². The van der Waals surface area contributed by atoms with E-state index >= 15 is 0 Å². The van der Waals surface area contributed by atoms with Gasteiger partial charge in [0.15, 0.2) is 0 Å². The van der Waals surface area contributed by atoms with Gasteiger partial charge in [0.05, 0.1) is 13.8 Å². The maximum Gasteiger partial charge on any atom is 0.119 e. The SMILES string of the molecule is COc1ccc(NCN2CCNCC2)cc1. The zero-order chi connectivity index (χ0) is 11.2. The zero-order valence-corrected chi connectivity index (χ0v) is 9.70. The second kappa shape index (κ2) is 5.72. The van der Waals surface area contributed by atoms with Crippen LogP contribution in [0, 0.1) is 0 Å². The molecule has 1 fully saturated rings. The number of hydrogen-bond donors (Lipinski definition) is 2. The lowest BCUT2D eigenvalue weighted by atomic mass is 10.3. The van der Waals surface area contributed by atoms with Crippen LogP contribution in [-0.4, -0.2) is 44.9 Å². The molecule has 1 heterocycles. The second-order valence-electron chi connectivity index (χ2n) is 3.93. The zero-order valence-electron chi connectivity index (χ0n) is 9.70. The molecule has 0 amide bonds. The summed E-state index contributed by atoms with van der Waals surface area (Å²) in [5, 5.41) is 6.75. The number of ether oxygens (including phenoxy) is 1. The first-order chi connectivity index (χ1) is 7.88. The molecular formula is C12H19N3O. The van der Waals surface area contributed by atoms with Gasteiger partial charge in [-0.25, -0.2) is 0 Å². The molecule has 2 N–H and O–H groups in total. The van der Waals surface area contributed by atoms with E-state index in [1.165, 1.54) is 0 Å². The highest BCUT2D eigenvalue weighted by Gasteiger charge is 2.08. The number of piperazine rings is 1. The molecule has 1 aromatic rings. The summed E-state index contributed by atoms with van der Waals surface area (Å²) < 4.78 is 5.12. The minimum absolute atomic E-state index is 0.896. The molecule has 0 atom stereocenters. The van der Waals surface area contributed by atoms with E-state index in [0.717, 1.165) is 44.3 Å². The van der Waals surface area contributed by atoms with Gasteiger partial charge in [-0.2, -0.15) is 0 Å². The Morgan fingerprint density at radius 2 is 1.94 bits per heavy atom. The van der Waals surface area contributed by atoms with Gasteiger partial charge in [0, 0.05) is 31.9 Å². The number of rotatable bonds is 4. The third kappa shape index (κ3) is 3.12. The van der Waals surface area contributed by atoms with Gasteiger partial charge in [0.25, 0.3) is 0 Å². The Morgan fingerprint density at radius 1 is 1.25 bits per heavy atom. The van der Waals surface area contributed by atoms with E-state index < -0.39 is 0 Å². The van der Waals surface area contributed by atoms with Crippen molar-refractivity contribution in [2.45, 2.75) is 0 Å². The van der Waals surface area contributed by atoms with Crippen LogP contribution < -0.4 is 15.4 Å². The summed E-state index contributed by atoms with van der Waals surface area (Å²) in [5.41, 5.74) is 1.14. The molecule has 2 rings (SSSR count). The fourth-order valence-corrected chi connectivity index (χ4v) is 1.78. The van der Waals surface area contributed by atoms with Gasteiger partial charge in [-0.3, -0.25) is 4.90 Å². The third-order valence-electron chi connectivity index (χ3n) is 2.81. The van der Waals surface area contributed by atoms with E-state index in [-0.39, 0.29) is 0 Å². The van der Waals surface area contributed by atoms with Crippen LogP contribution in [-0.2, 0) is 0 Å². The molecule has 0 aromatic heterocycles. The Kier molecular flexibility index (Phi) is 4.02. The van der Waals surface area contributed by atoms with E-state index in [1.54, 1.807) is 7.11 Å². The van der Waals surface area contributed by atoms with E-state index in [0.29, 0.717) is 0 Å². The molecule has 88 valence electrons. The van der Waals surface area contributed by atoms with Crippen LogP contribution in [0.1, 0.15) is 0 Å². The lowest BCUT2D eigenvalue weighted by Gasteiger charge is -2.27. The van der Waals surface area contributed by atoms with Crippen LogP contribution in [0.3, 0.4) is 0 Å². The van der Waals surface area contributed by atoms with Gasteiger partial charge < -0.3 is 15.4 Å². The minimum Gasteiger partial charge on any atom is -0.497 e. The van der Waals surface area contributed by atoms with Gasteiger partial charge in [-0.05, 0) is 24.3 Å². The molecule has 0 bridgehead atoms. The standard InChI is InChI=1S/C12H19N3O/c1-16-12-4-2-11(3-5-12)14-10-15-8-6-13-7-9-15/h2-5,13-14H,6-10H2,1H3. The van der Waals surface area contributed by atoms with Crippen LogP contribution in [0.5, 0.6) is 5.75 Å². The van der Waals surface area contributed by atoms with Crippen molar-refractivity contribution in [1.29, 1.82) is 0 Å². The summed E-state index contributed by atoms with van der Waals surface area (Å²) in [6, 6.07) is 8.03. The van der Waals surface area contributed by atoms with Crippen molar-refractivity contribution in [3.8, 4) is 5.75 Å². The van der Waals surface area contributed by atoms with Crippen molar-refractivity contribution in [2.24, 2.45) is 0 Å². The average Bonchev–Trinajstić information content (AvgIpc) is 2.38. The van der Waals surface area contributed by atoms with E-state index in [1.807, 2.05) is 24.3 Å². The predicted octanol–water partition coefficient (Wildman–Crippen LogP) is 0.970. The van der Waals surface area contributed by atoms with E-state index in [2.05, 4.69) is 15.5 Å². The highest BCUT2D eigenvalue weighted by molar-refractivity contribution is 5.46. The predicted molar refractivity (Wildman–Crippen MR) is 65.9 cm³/mol. The van der Waals surface area contributed by atoms with E-state index in [4.69, 9.17) is 4.74 Å². The number of methoxy groups -OCH3 is 1. The second-order valence-corrected chi connectivity index (χ2v) is 3.93. The number of nitrogens with one attached hydrogen (secondary N) is 2. The first kappa shape index (κ1) is 11.2. The topological polar surface area (TPSA) is 36.5 Å². The molecule has 16 heavy (non-hydrogen) atoms. The lowest BCUT2D eigenvalue weighted by molar-refractivity contribution is 0.256. The van der Waals surface area contributed by atoms with Gasteiger partial charge in [0.2, 0.25) is 0 Å². The molecule has 1 aromatic carbocycles. The molecule has 4 heteroatoms. The first-order valence-corrected chi connectivity index (χ1v) is 5.69. The quantitative estimate of drug-likeness (QED) is 0.794. The Hall–Kier alpha value is -1.26. The Labute approximate surface area is 96.6 Å². The summed E-state index contributed by atoms with van der Waals surface area (Å²) in [4.78, 5) is 2.40. The van der Waals surface area contributed by atoms with Crippen LogP contribution in [0.2, 0.25) is 0 Å². The highest BCUT2D eigenvalue weighted by atomic mass is 16.5. The molecule has 0 aliphatic carbocycles. The van der Waals surface area contributed by atoms with Crippen molar-refractivity contribution in [1.82, 2.24) is 10.2 Å². The van der Waals surface area contributed by atoms with Crippen molar-refractivity contribution in [3.63, 3.8) is 0 Å². The normalized spacial score (nSPS) is 17.1. The average molecular weight is 221 g/mol. The van der Waals surface area contributed by atoms with Crippen molar-refractivity contribution in [2.75, 3.05) is 45.3 Å². The summed E-state index contributed by atoms with van der Waals surface area (Å²) >= 11 is 0. The molecule has 1 aliphatic rings. The van der Waals surface area contributed by atoms with Crippen molar-refractivity contribution < 1.29 is 4.74 Å². The number of hydrogen-bond acceptors (Lipinski definition) is 4. The van der Waals surface area contributed by atoms with Crippen LogP contribution in [0.4, 0.5) is 5.69 Å². The van der Waals surface area contributed by atoms with Gasteiger partial charge in [0.1, 0.15) is 5.75 Å². The lowest BCUT2D eigenvalue weighted by Crippen LogP contribution is -2.45. The first-order valence-electron chi connectivity index (χ1n) is 5.69. The van der Waals surface area contributed by atoms with E-state index in [9.17, 15) is 0 Å². The Bertz CT molecular complexity index is 307. The summed E-state index contributed by atoms with van der Waals surface area (Å²) in [6.07, 6.45) is 0. The fraction of sp³-hybridized carbons (Fsp3) is 0.500. The molecule has 1 aliphatic heterocycles. The molecule has 0 radical (unpaired) electrons. The van der Waals surface area contributed by atoms with Gasteiger partial charge >= 0.3 is 0 Å². The van der Waals surface area contributed by atoms with Gasteiger partial charge in [-0.15, -0.1) is 0 Å². The van der Waals surface area contributed by atoms with Crippen LogP contribution in [0.25, 0.3) is 0 Å². The minimum atomic E-state index is 0.896. The Balaban J connectivity index is 1.79. The Morgan fingerprint density at radius 3 is 2.56 bits per heavy atom. The summed E-state index contributed by atoms with van der Waals surface area (Å²) in [5.74, 6) is 0.896. The molecule has 4 nitrogen and oxygen atoms in total. The molecule has 0 unspecified atom stereocenters. The summed E-state index contributed by atoms with van der Waals surface area (Å²) in [6.45, 7) is 5.31. The van der Waals surface area contributed by atoms with Crippen LogP contribution in [0.15, 0.2) is 24.3 Å².